The summed E-state index contributed by atoms with van der Waals surface area (Å²) < 4.78 is 5.37. The monoisotopic (exact) mass is 301 g/mol. The highest BCUT2D eigenvalue weighted by molar-refractivity contribution is 5.82. The Kier molecular flexibility index (Phi) is 3.96. The molecule has 4 heteroatoms. The van der Waals surface area contributed by atoms with Gasteiger partial charge in [-0.05, 0) is 56.1 Å². The molecule has 0 amide bonds. The number of benzene rings is 1. The predicted molar refractivity (Wildman–Crippen MR) is 85.3 cm³/mol. The molecule has 2 fully saturated rings. The summed E-state index contributed by atoms with van der Waals surface area (Å²) in [5, 5.41) is 9.35. The van der Waals surface area contributed by atoms with Crippen molar-refractivity contribution in [3.8, 4) is 5.75 Å². The second-order valence-corrected chi connectivity index (χ2v) is 6.39. The van der Waals surface area contributed by atoms with Crippen molar-refractivity contribution in [3.05, 3.63) is 41.5 Å². The molecule has 3 rings (SSSR count). The third-order valence-electron chi connectivity index (χ3n) is 5.32. The number of nitrogens with zero attached hydrogens (tertiary/aromatic N) is 1. The molecular weight excluding hydrogens is 278 g/mol. The predicted octanol–water partition coefficient (Wildman–Crippen LogP) is 2.83. The van der Waals surface area contributed by atoms with Crippen LogP contribution in [0.25, 0.3) is 0 Å². The molecule has 1 aliphatic carbocycles. The second kappa shape index (κ2) is 5.76. The topological polar surface area (TPSA) is 49.8 Å². The Morgan fingerprint density at radius 2 is 2.27 bits per heavy atom. The van der Waals surface area contributed by atoms with Crippen molar-refractivity contribution in [3.63, 3.8) is 0 Å². The van der Waals surface area contributed by atoms with E-state index >= 15 is 0 Å². The molecule has 1 aromatic carbocycles. The van der Waals surface area contributed by atoms with Gasteiger partial charge in [-0.1, -0.05) is 18.6 Å². The summed E-state index contributed by atoms with van der Waals surface area (Å²) in [4.78, 5) is 13.7. The first-order valence-corrected chi connectivity index (χ1v) is 7.86. The number of methoxy groups -OCH3 is 1. The van der Waals surface area contributed by atoms with E-state index in [9.17, 15) is 9.90 Å². The molecule has 4 nitrogen and oxygen atoms in total. The van der Waals surface area contributed by atoms with Crippen molar-refractivity contribution in [2.75, 3.05) is 20.7 Å². The summed E-state index contributed by atoms with van der Waals surface area (Å²) in [5.41, 5.74) is 2.10. The Balaban J connectivity index is 2.12. The molecule has 2 bridgehead atoms. The number of aliphatic carboxylic acids is 1. The third-order valence-corrected chi connectivity index (χ3v) is 5.32. The Morgan fingerprint density at radius 3 is 3.00 bits per heavy atom. The Bertz CT molecular complexity index is 610. The average molecular weight is 301 g/mol. The number of piperidine rings is 1. The molecule has 1 heterocycles. The van der Waals surface area contributed by atoms with Crippen LogP contribution < -0.4 is 4.74 Å². The molecule has 1 N–H and O–H groups in total. The van der Waals surface area contributed by atoms with Gasteiger partial charge in [0.15, 0.2) is 0 Å². The fourth-order valence-electron chi connectivity index (χ4n) is 4.21. The maximum Gasteiger partial charge on any atom is 0.328 e. The number of fused-ring (bicyclic) bond motifs is 2. The van der Waals surface area contributed by atoms with Crippen molar-refractivity contribution in [1.29, 1.82) is 0 Å². The summed E-state index contributed by atoms with van der Waals surface area (Å²) in [6, 6.07) is 8.37. The summed E-state index contributed by atoms with van der Waals surface area (Å²) in [6.07, 6.45) is 5.61. The molecule has 1 saturated carbocycles. The molecule has 0 aromatic heterocycles. The van der Waals surface area contributed by atoms with Crippen LogP contribution in [-0.4, -0.2) is 42.7 Å². The number of ether oxygens (including phenoxy) is 1. The number of carboxylic acids is 1. The lowest BCUT2D eigenvalue weighted by Gasteiger charge is -2.52. The zero-order valence-electron chi connectivity index (χ0n) is 13.2. The van der Waals surface area contributed by atoms with Crippen molar-refractivity contribution < 1.29 is 14.6 Å². The molecule has 0 spiro atoms. The van der Waals surface area contributed by atoms with Crippen molar-refractivity contribution in [1.82, 2.24) is 4.90 Å². The number of hydrogen-bond donors (Lipinski definition) is 1. The van der Waals surface area contributed by atoms with E-state index in [0.29, 0.717) is 0 Å². The molecule has 1 aromatic rings. The summed E-state index contributed by atoms with van der Waals surface area (Å²) >= 11 is 0. The van der Waals surface area contributed by atoms with Gasteiger partial charge in [0.05, 0.1) is 7.11 Å². The van der Waals surface area contributed by atoms with Gasteiger partial charge in [0, 0.05) is 17.5 Å². The highest BCUT2D eigenvalue weighted by Gasteiger charge is 2.47. The van der Waals surface area contributed by atoms with Gasteiger partial charge in [0.2, 0.25) is 0 Å². The van der Waals surface area contributed by atoms with Gasteiger partial charge >= 0.3 is 5.97 Å². The lowest BCUT2D eigenvalue weighted by atomic mass is 9.60. The number of rotatable bonds is 3. The molecule has 0 radical (unpaired) electrons. The van der Waals surface area contributed by atoms with E-state index in [1.165, 1.54) is 11.6 Å². The fourth-order valence-corrected chi connectivity index (χ4v) is 4.21. The van der Waals surface area contributed by atoms with Crippen LogP contribution in [0.4, 0.5) is 0 Å². The van der Waals surface area contributed by atoms with Gasteiger partial charge in [-0.15, -0.1) is 0 Å². The second-order valence-electron chi connectivity index (χ2n) is 6.39. The molecule has 1 saturated heterocycles. The summed E-state index contributed by atoms with van der Waals surface area (Å²) in [6.45, 7) is 0.999. The average Bonchev–Trinajstić information content (AvgIpc) is 2.51. The van der Waals surface area contributed by atoms with E-state index in [-0.39, 0.29) is 11.5 Å². The van der Waals surface area contributed by atoms with Gasteiger partial charge in [0.1, 0.15) is 5.75 Å². The molecule has 2 unspecified atom stereocenters. The number of hydrogen-bond acceptors (Lipinski definition) is 3. The smallest absolute Gasteiger partial charge is 0.328 e. The van der Waals surface area contributed by atoms with Crippen LogP contribution in [0.2, 0.25) is 0 Å². The highest BCUT2D eigenvalue weighted by Crippen LogP contribution is 2.50. The van der Waals surface area contributed by atoms with Gasteiger partial charge in [-0.2, -0.15) is 0 Å². The van der Waals surface area contributed by atoms with Crippen LogP contribution in [0, 0.1) is 0 Å². The minimum absolute atomic E-state index is 0.150. The van der Waals surface area contributed by atoms with Crippen LogP contribution in [0.3, 0.4) is 0 Å². The lowest BCUT2D eigenvalue weighted by Crippen LogP contribution is -2.52. The maximum atomic E-state index is 11.4. The van der Waals surface area contributed by atoms with Crippen molar-refractivity contribution in [2.45, 2.75) is 37.1 Å². The quantitative estimate of drug-likeness (QED) is 0.872. The van der Waals surface area contributed by atoms with Crippen molar-refractivity contribution >= 4 is 5.97 Å². The van der Waals surface area contributed by atoms with Gasteiger partial charge in [0.25, 0.3) is 0 Å². The van der Waals surface area contributed by atoms with Crippen LogP contribution in [-0.2, 0) is 10.2 Å². The van der Waals surface area contributed by atoms with Crippen LogP contribution in [0.5, 0.6) is 5.75 Å². The Hall–Kier alpha value is -1.81. The zero-order valence-corrected chi connectivity index (χ0v) is 13.2. The first-order chi connectivity index (χ1) is 10.6. The standard InChI is InChI=1S/C18H23NO3/c1-19-10-9-18(13-5-3-6-14(11-13)22-2)8-4-7-16(19)15(18)12-17(20)21/h3,5-6,11-12,16H,4,7-10H2,1-2H3,(H,20,21). The lowest BCUT2D eigenvalue weighted by molar-refractivity contribution is -0.131. The van der Waals surface area contributed by atoms with E-state index in [1.807, 2.05) is 12.1 Å². The zero-order chi connectivity index (χ0) is 15.7. The van der Waals surface area contributed by atoms with E-state index in [4.69, 9.17) is 4.74 Å². The van der Waals surface area contributed by atoms with E-state index in [1.54, 1.807) is 7.11 Å². The van der Waals surface area contributed by atoms with Gasteiger partial charge < -0.3 is 9.84 Å². The minimum Gasteiger partial charge on any atom is -0.497 e. The van der Waals surface area contributed by atoms with Gasteiger partial charge in [-0.25, -0.2) is 4.79 Å². The fraction of sp³-hybridized carbons (Fsp3) is 0.500. The van der Waals surface area contributed by atoms with Crippen LogP contribution in [0.15, 0.2) is 35.9 Å². The molecule has 118 valence electrons. The first kappa shape index (κ1) is 15.1. The molecule has 2 atom stereocenters. The van der Waals surface area contributed by atoms with E-state index < -0.39 is 5.97 Å². The number of likely N-dealkylation sites (N-methyl/N-ethyl adjacent to an activating group) is 1. The highest BCUT2D eigenvalue weighted by atomic mass is 16.5. The molecular formula is C18H23NO3. The summed E-state index contributed by atoms with van der Waals surface area (Å²) in [7, 11) is 3.77. The molecule has 2 aliphatic rings. The first-order valence-electron chi connectivity index (χ1n) is 7.86. The normalized spacial score (nSPS) is 30.3. The summed E-state index contributed by atoms with van der Waals surface area (Å²) in [5.74, 6) is -0.00734. The van der Waals surface area contributed by atoms with Crippen molar-refractivity contribution in [2.24, 2.45) is 0 Å². The Morgan fingerprint density at radius 1 is 1.45 bits per heavy atom. The molecule has 22 heavy (non-hydrogen) atoms. The largest absolute Gasteiger partial charge is 0.497 e. The van der Waals surface area contributed by atoms with Crippen LogP contribution >= 0.6 is 0 Å². The minimum atomic E-state index is -0.843. The SMILES string of the molecule is COc1cccc(C23CCCC(C2=CC(=O)O)N(C)CC3)c1. The molecule has 1 aliphatic heterocycles. The van der Waals surface area contributed by atoms with E-state index in [0.717, 1.165) is 43.6 Å². The van der Waals surface area contributed by atoms with E-state index in [2.05, 4.69) is 24.1 Å². The number of likely N-dealkylation sites (tertiary alicyclic amines) is 1. The third kappa shape index (κ3) is 2.41. The van der Waals surface area contributed by atoms with Crippen LogP contribution in [0.1, 0.15) is 31.2 Å². The number of carboxylic acid groups (broad SMARTS) is 1. The number of carbonyl (C=O) groups is 1. The van der Waals surface area contributed by atoms with Gasteiger partial charge in [-0.3, -0.25) is 4.90 Å². The maximum absolute atomic E-state index is 11.4. The Labute approximate surface area is 131 Å².